The molecule has 3 amide bonds. The zero-order valence-corrected chi connectivity index (χ0v) is 19.0. The van der Waals surface area contributed by atoms with Crippen LogP contribution in [0.25, 0.3) is 0 Å². The number of aromatic nitrogens is 1. The van der Waals surface area contributed by atoms with Crippen LogP contribution in [0.1, 0.15) is 30.5 Å². The van der Waals surface area contributed by atoms with E-state index in [0.717, 1.165) is 21.9 Å². The van der Waals surface area contributed by atoms with Crippen molar-refractivity contribution in [1.29, 1.82) is 0 Å². The Hall–Kier alpha value is -3.21. The van der Waals surface area contributed by atoms with Crippen LogP contribution in [0.15, 0.2) is 30.3 Å². The molecule has 12 heteroatoms. The van der Waals surface area contributed by atoms with Crippen LogP contribution in [0.4, 0.5) is 29.1 Å². The number of likely N-dealkylation sites (N-methyl/N-ethyl adjacent to an activating group) is 1. The highest BCUT2D eigenvalue weighted by Gasteiger charge is 2.46. The van der Waals surface area contributed by atoms with Gasteiger partial charge in [0.15, 0.2) is 0 Å². The second-order valence-corrected chi connectivity index (χ2v) is 8.42. The Balaban J connectivity index is 2.02. The van der Waals surface area contributed by atoms with E-state index in [0.29, 0.717) is 6.07 Å². The van der Waals surface area contributed by atoms with Crippen LogP contribution in [0.3, 0.4) is 0 Å². The van der Waals surface area contributed by atoms with Gasteiger partial charge in [0.2, 0.25) is 17.7 Å². The summed E-state index contributed by atoms with van der Waals surface area (Å²) in [5, 5.41) is -0.231. The van der Waals surface area contributed by atoms with Gasteiger partial charge in [0.25, 0.3) is 0 Å². The lowest BCUT2D eigenvalue weighted by molar-refractivity contribution is -0.137. The van der Waals surface area contributed by atoms with Crippen molar-refractivity contribution in [2.24, 2.45) is 11.7 Å². The number of anilines is 2. The molecule has 0 radical (unpaired) electrons. The Morgan fingerprint density at radius 3 is 2.53 bits per heavy atom. The molecule has 1 saturated heterocycles. The van der Waals surface area contributed by atoms with Crippen LogP contribution >= 0.6 is 11.6 Å². The monoisotopic (exact) mass is 500 g/mol. The third-order valence-electron chi connectivity index (χ3n) is 5.57. The van der Waals surface area contributed by atoms with Crippen molar-refractivity contribution in [3.63, 3.8) is 0 Å². The topological polar surface area (TPSA) is 96.6 Å². The van der Waals surface area contributed by atoms with E-state index in [-0.39, 0.29) is 41.5 Å². The number of alkyl halides is 3. The minimum Gasteiger partial charge on any atom is -0.370 e. The van der Waals surface area contributed by atoms with Gasteiger partial charge in [-0.3, -0.25) is 19.3 Å². The van der Waals surface area contributed by atoms with E-state index in [9.17, 15) is 31.9 Å². The lowest BCUT2D eigenvalue weighted by Crippen LogP contribution is -2.46. The van der Waals surface area contributed by atoms with Crippen molar-refractivity contribution in [3.05, 3.63) is 52.4 Å². The largest absolute Gasteiger partial charge is 0.416 e. The summed E-state index contributed by atoms with van der Waals surface area (Å²) in [6.07, 6.45) is -4.87. The zero-order chi connectivity index (χ0) is 25.4. The number of amides is 3. The lowest BCUT2D eigenvalue weighted by Gasteiger charge is -2.28. The molecular formula is C22H21ClF4N4O3. The van der Waals surface area contributed by atoms with Gasteiger partial charge in [-0.25, -0.2) is 9.37 Å². The first-order chi connectivity index (χ1) is 15.8. The first-order valence-electron chi connectivity index (χ1n) is 10.2. The summed E-state index contributed by atoms with van der Waals surface area (Å²) in [5.41, 5.74) is 4.38. The molecular weight excluding hydrogens is 480 g/mol. The van der Waals surface area contributed by atoms with Gasteiger partial charge in [-0.15, -0.1) is 0 Å². The second kappa shape index (κ2) is 9.57. The van der Waals surface area contributed by atoms with Crippen molar-refractivity contribution < 1.29 is 31.9 Å². The number of hydrogen-bond donors (Lipinski definition) is 1. The molecule has 2 N–H and O–H groups in total. The second-order valence-electron chi connectivity index (χ2n) is 8.01. The summed E-state index contributed by atoms with van der Waals surface area (Å²) in [6.45, 7) is 1.34. The fraction of sp³-hybridized carbons (Fsp3) is 0.364. The van der Waals surface area contributed by atoms with Gasteiger partial charge in [-0.1, -0.05) is 11.6 Å². The van der Waals surface area contributed by atoms with E-state index >= 15 is 0 Å². The van der Waals surface area contributed by atoms with E-state index in [1.54, 1.807) is 0 Å². The third kappa shape index (κ3) is 5.30. The molecule has 2 heterocycles. The molecule has 2 atom stereocenters. The van der Waals surface area contributed by atoms with Crippen molar-refractivity contribution in [3.8, 4) is 0 Å². The minimum absolute atomic E-state index is 0.00285. The van der Waals surface area contributed by atoms with Gasteiger partial charge in [-0.2, -0.15) is 13.2 Å². The number of benzene rings is 1. The number of halogens is 5. The molecule has 1 aromatic carbocycles. The molecule has 2 aromatic rings. The molecule has 0 aliphatic carbocycles. The molecule has 1 aromatic heterocycles. The maximum Gasteiger partial charge on any atom is 0.416 e. The number of aryl methyl sites for hydroxylation is 1. The minimum atomic E-state index is -4.70. The molecule has 1 unspecified atom stereocenters. The Kier molecular flexibility index (Phi) is 7.15. The molecule has 3 rings (SSSR count). The average molecular weight is 501 g/mol. The zero-order valence-electron chi connectivity index (χ0n) is 18.2. The highest BCUT2D eigenvalue weighted by atomic mass is 35.5. The molecule has 7 nitrogen and oxygen atoms in total. The van der Waals surface area contributed by atoms with Crippen LogP contribution in [-0.4, -0.2) is 35.8 Å². The standard InChI is InChI=1S/C22H21ClF4N4O3/c1-11-7-13(22(25,26)27)9-19(29-11)31-17(8-12(20(31)33)3-6-18(28)32)21(34)30(2)14-4-5-16(24)15(23)10-14/h4-5,7,9-10,12,17H,3,6,8H2,1-2H3,(H2,28,32)/t12?,17-/m0/s1. The first-order valence-corrected chi connectivity index (χ1v) is 10.6. The number of hydrogen-bond acceptors (Lipinski definition) is 4. The maximum atomic E-state index is 13.5. The number of pyridine rings is 1. The van der Waals surface area contributed by atoms with Crippen LogP contribution in [0, 0.1) is 18.7 Å². The van der Waals surface area contributed by atoms with Crippen molar-refractivity contribution in [2.45, 2.75) is 38.4 Å². The molecule has 0 bridgehead atoms. The molecule has 1 aliphatic heterocycles. The Labute approximate surface area is 197 Å². The number of carbonyl (C=O) groups is 3. The number of nitrogens with two attached hydrogens (primary N) is 1. The fourth-order valence-electron chi connectivity index (χ4n) is 3.85. The predicted molar refractivity (Wildman–Crippen MR) is 117 cm³/mol. The normalized spacial score (nSPS) is 18.3. The Bertz CT molecular complexity index is 1140. The van der Waals surface area contributed by atoms with Crippen LogP contribution in [-0.2, 0) is 20.6 Å². The van der Waals surface area contributed by atoms with E-state index < -0.39 is 47.2 Å². The lowest BCUT2D eigenvalue weighted by atomic mass is 9.98. The summed E-state index contributed by atoms with van der Waals surface area (Å²) in [6, 6.07) is 3.90. The van der Waals surface area contributed by atoms with Crippen molar-refractivity contribution in [1.82, 2.24) is 4.98 Å². The van der Waals surface area contributed by atoms with Gasteiger partial charge in [0.05, 0.1) is 10.6 Å². The van der Waals surface area contributed by atoms with Gasteiger partial charge in [0.1, 0.15) is 17.7 Å². The highest BCUT2D eigenvalue weighted by Crippen LogP contribution is 2.37. The van der Waals surface area contributed by atoms with Crippen LogP contribution in [0.2, 0.25) is 5.02 Å². The Morgan fingerprint density at radius 1 is 1.26 bits per heavy atom. The van der Waals surface area contributed by atoms with E-state index in [1.165, 1.54) is 26.1 Å². The van der Waals surface area contributed by atoms with Gasteiger partial charge in [-0.05, 0) is 50.1 Å². The van der Waals surface area contributed by atoms with Gasteiger partial charge < -0.3 is 10.6 Å². The smallest absolute Gasteiger partial charge is 0.370 e. The summed E-state index contributed by atoms with van der Waals surface area (Å²) < 4.78 is 53.7. The van der Waals surface area contributed by atoms with Crippen molar-refractivity contribution in [2.75, 3.05) is 16.8 Å². The quantitative estimate of drug-likeness (QED) is 0.609. The molecule has 0 spiro atoms. The van der Waals surface area contributed by atoms with Crippen molar-refractivity contribution >= 4 is 40.8 Å². The molecule has 1 aliphatic rings. The first kappa shape index (κ1) is 25.4. The summed E-state index contributed by atoms with van der Waals surface area (Å²) in [7, 11) is 1.37. The summed E-state index contributed by atoms with van der Waals surface area (Å²) >= 11 is 5.80. The molecule has 1 fully saturated rings. The van der Waals surface area contributed by atoms with Gasteiger partial charge in [0, 0.05) is 30.8 Å². The van der Waals surface area contributed by atoms with E-state index in [2.05, 4.69) is 4.98 Å². The highest BCUT2D eigenvalue weighted by molar-refractivity contribution is 6.31. The molecule has 182 valence electrons. The SMILES string of the molecule is Cc1cc(C(F)(F)F)cc(N2C(=O)C(CCC(N)=O)C[C@H]2C(=O)N(C)c2ccc(F)c(Cl)c2)n1. The number of carbonyl (C=O) groups excluding carboxylic acids is 3. The maximum absolute atomic E-state index is 13.5. The van der Waals surface area contributed by atoms with E-state index in [1.807, 2.05) is 0 Å². The number of primary amides is 1. The molecule has 34 heavy (non-hydrogen) atoms. The molecule has 0 saturated carbocycles. The number of rotatable bonds is 6. The summed E-state index contributed by atoms with van der Waals surface area (Å²) in [5.74, 6) is -3.80. The van der Waals surface area contributed by atoms with Crippen LogP contribution in [0.5, 0.6) is 0 Å². The number of nitrogens with zero attached hydrogens (tertiary/aromatic N) is 3. The fourth-order valence-corrected chi connectivity index (χ4v) is 4.02. The summed E-state index contributed by atoms with van der Waals surface area (Å²) in [4.78, 5) is 43.9. The Morgan fingerprint density at radius 2 is 1.94 bits per heavy atom. The predicted octanol–water partition coefficient (Wildman–Crippen LogP) is 3.85. The van der Waals surface area contributed by atoms with Gasteiger partial charge >= 0.3 is 6.18 Å². The third-order valence-corrected chi connectivity index (χ3v) is 5.86. The van der Waals surface area contributed by atoms with Crippen LogP contribution < -0.4 is 15.5 Å². The van der Waals surface area contributed by atoms with E-state index in [4.69, 9.17) is 17.3 Å². The average Bonchev–Trinajstić information content (AvgIpc) is 3.08.